The van der Waals surface area contributed by atoms with E-state index in [1.54, 1.807) is 0 Å². The molecule has 2 atom stereocenters. The lowest BCUT2D eigenvalue weighted by atomic mass is 9.74. The van der Waals surface area contributed by atoms with E-state index in [1.807, 2.05) is 27.7 Å². The van der Waals surface area contributed by atoms with E-state index in [9.17, 15) is 4.57 Å². The molecule has 202 valence electrons. The average Bonchev–Trinajstić information content (AvgIpc) is 2.81. The molecule has 2 aliphatic rings. The Morgan fingerprint density at radius 2 is 1.78 bits per heavy atom. The number of unbranched alkanes of at least 4 members (excludes halogenated alkanes) is 2. The smallest absolute Gasteiger partial charge is 0.466 e. The number of benzene rings is 1. The van der Waals surface area contributed by atoms with Crippen LogP contribution >= 0.6 is 7.82 Å². The number of rotatable bonds is 14. The SMILES string of the molecule is C=C1Oc2cc(CCCCC)cc(OCOP(=O)(OCC(C)C)OCC(C)C)c2C2C=C(C)CCC12. The highest BCUT2D eigenvalue weighted by Crippen LogP contribution is 2.53. The van der Waals surface area contributed by atoms with Crippen LogP contribution in [-0.4, -0.2) is 20.0 Å². The molecular formula is C29H45O6P. The first-order valence-corrected chi connectivity index (χ1v) is 14.9. The normalized spacial score (nSPS) is 19.7. The van der Waals surface area contributed by atoms with Gasteiger partial charge in [-0.15, -0.1) is 0 Å². The molecule has 0 saturated carbocycles. The predicted molar refractivity (Wildman–Crippen MR) is 144 cm³/mol. The average molecular weight is 521 g/mol. The number of hydrogen-bond acceptors (Lipinski definition) is 6. The molecule has 36 heavy (non-hydrogen) atoms. The minimum Gasteiger partial charge on any atom is -0.466 e. The summed E-state index contributed by atoms with van der Waals surface area (Å²) in [6.45, 7) is 16.9. The molecule has 1 aromatic carbocycles. The minimum atomic E-state index is -3.76. The van der Waals surface area contributed by atoms with E-state index in [2.05, 4.69) is 38.6 Å². The number of aryl methyl sites for hydroxylation is 1. The van der Waals surface area contributed by atoms with Gasteiger partial charge in [-0.25, -0.2) is 9.09 Å². The fourth-order valence-corrected chi connectivity index (χ4v) is 5.96. The molecule has 7 heteroatoms. The van der Waals surface area contributed by atoms with Crippen LogP contribution in [0.5, 0.6) is 11.5 Å². The molecule has 3 rings (SSSR count). The Morgan fingerprint density at radius 1 is 1.08 bits per heavy atom. The predicted octanol–water partition coefficient (Wildman–Crippen LogP) is 8.57. The first kappa shape index (κ1) is 29.0. The largest absolute Gasteiger partial charge is 0.477 e. The van der Waals surface area contributed by atoms with Crippen molar-refractivity contribution in [1.29, 1.82) is 0 Å². The van der Waals surface area contributed by atoms with Gasteiger partial charge in [0.2, 0.25) is 0 Å². The standard InChI is InChI=1S/C29H45O6P/c1-8-9-10-11-24-15-27(31-19-34-36(30,32-17-20(2)3)33-18-21(4)5)29-26-14-22(6)12-13-25(26)23(7)35-28(29)16-24/h14-16,20-21,25-26H,7-13,17-19H2,1-6H3. The van der Waals surface area contributed by atoms with Gasteiger partial charge in [0.15, 0.2) is 6.79 Å². The molecule has 1 aliphatic heterocycles. The molecule has 0 amide bonds. The van der Waals surface area contributed by atoms with Crippen molar-refractivity contribution >= 4 is 7.82 Å². The maximum absolute atomic E-state index is 13.3. The van der Waals surface area contributed by atoms with Crippen LogP contribution in [0.4, 0.5) is 0 Å². The van der Waals surface area contributed by atoms with E-state index in [0.717, 1.165) is 54.7 Å². The summed E-state index contributed by atoms with van der Waals surface area (Å²) in [5.74, 6) is 3.05. The summed E-state index contributed by atoms with van der Waals surface area (Å²) in [5, 5.41) is 0. The number of fused-ring (bicyclic) bond motifs is 3. The van der Waals surface area contributed by atoms with Crippen molar-refractivity contribution < 1.29 is 27.6 Å². The minimum absolute atomic E-state index is 0.135. The summed E-state index contributed by atoms with van der Waals surface area (Å²) >= 11 is 0. The third kappa shape index (κ3) is 7.95. The summed E-state index contributed by atoms with van der Waals surface area (Å²) in [5.41, 5.74) is 3.52. The molecule has 0 spiro atoms. The van der Waals surface area contributed by atoms with E-state index in [-0.39, 0.29) is 43.7 Å². The number of hydrogen-bond donors (Lipinski definition) is 0. The molecule has 1 aromatic rings. The highest BCUT2D eigenvalue weighted by molar-refractivity contribution is 7.48. The number of ether oxygens (including phenoxy) is 2. The second kappa shape index (κ2) is 13.3. The Bertz CT molecular complexity index is 951. The van der Waals surface area contributed by atoms with E-state index >= 15 is 0 Å². The molecule has 1 aliphatic carbocycles. The lowest BCUT2D eigenvalue weighted by molar-refractivity contribution is 0.0411. The Balaban J connectivity index is 1.85. The summed E-state index contributed by atoms with van der Waals surface area (Å²) in [6.07, 6.45) is 8.71. The summed E-state index contributed by atoms with van der Waals surface area (Å²) < 4.78 is 42.5. The Hall–Kier alpha value is -1.59. The second-order valence-electron chi connectivity index (χ2n) is 10.9. The van der Waals surface area contributed by atoms with Gasteiger partial charge in [-0.2, -0.15) is 0 Å². The number of phosphoric ester groups is 1. The monoisotopic (exact) mass is 520 g/mol. The van der Waals surface area contributed by atoms with Gasteiger partial charge in [-0.3, -0.25) is 9.05 Å². The van der Waals surface area contributed by atoms with Crippen molar-refractivity contribution in [3.8, 4) is 11.5 Å². The quantitative estimate of drug-likeness (QED) is 0.106. The van der Waals surface area contributed by atoms with Crippen LogP contribution in [0, 0.1) is 17.8 Å². The summed E-state index contributed by atoms with van der Waals surface area (Å²) in [7, 11) is -3.76. The summed E-state index contributed by atoms with van der Waals surface area (Å²) in [6, 6.07) is 4.21. The van der Waals surface area contributed by atoms with E-state index in [1.165, 1.54) is 12.0 Å². The van der Waals surface area contributed by atoms with Crippen LogP contribution in [0.3, 0.4) is 0 Å². The molecular weight excluding hydrogens is 475 g/mol. The van der Waals surface area contributed by atoms with Gasteiger partial charge in [-0.1, -0.05) is 65.7 Å². The Morgan fingerprint density at radius 3 is 2.42 bits per heavy atom. The zero-order valence-corrected chi connectivity index (χ0v) is 23.9. The molecule has 1 heterocycles. The lowest BCUT2D eigenvalue weighted by Crippen LogP contribution is -2.26. The Kier molecular flexibility index (Phi) is 10.7. The maximum Gasteiger partial charge on any atom is 0.477 e. The first-order chi connectivity index (χ1) is 17.1. The molecule has 0 fully saturated rings. The van der Waals surface area contributed by atoms with Crippen LogP contribution in [0.2, 0.25) is 0 Å². The van der Waals surface area contributed by atoms with Gasteiger partial charge in [0.05, 0.1) is 13.2 Å². The van der Waals surface area contributed by atoms with E-state index < -0.39 is 7.82 Å². The number of phosphoric acid groups is 1. The third-order valence-corrected chi connectivity index (χ3v) is 7.88. The van der Waals surface area contributed by atoms with E-state index in [4.69, 9.17) is 23.0 Å². The van der Waals surface area contributed by atoms with Gasteiger partial charge in [0, 0.05) is 17.4 Å². The molecule has 0 aromatic heterocycles. The molecule has 2 unspecified atom stereocenters. The third-order valence-electron chi connectivity index (χ3n) is 6.53. The van der Waals surface area contributed by atoms with Crippen LogP contribution in [-0.2, 0) is 24.6 Å². The van der Waals surface area contributed by atoms with Gasteiger partial charge in [0.25, 0.3) is 0 Å². The fourth-order valence-electron chi connectivity index (χ4n) is 4.59. The molecule has 0 saturated heterocycles. The van der Waals surface area contributed by atoms with Crippen molar-refractivity contribution in [2.75, 3.05) is 20.0 Å². The molecule has 0 bridgehead atoms. The van der Waals surface area contributed by atoms with Crippen LogP contribution in [0.1, 0.15) is 90.7 Å². The molecule has 0 radical (unpaired) electrons. The zero-order chi connectivity index (χ0) is 26.3. The number of allylic oxidation sites excluding steroid dienone is 3. The maximum atomic E-state index is 13.3. The van der Waals surface area contributed by atoms with E-state index in [0.29, 0.717) is 5.75 Å². The second-order valence-corrected chi connectivity index (χ2v) is 12.6. The highest BCUT2D eigenvalue weighted by Gasteiger charge is 2.37. The van der Waals surface area contributed by atoms with Crippen LogP contribution < -0.4 is 9.47 Å². The first-order valence-electron chi connectivity index (χ1n) is 13.5. The molecule has 6 nitrogen and oxygen atoms in total. The lowest BCUT2D eigenvalue weighted by Gasteiger charge is -2.37. The van der Waals surface area contributed by atoms with Crippen LogP contribution in [0.15, 0.2) is 36.1 Å². The van der Waals surface area contributed by atoms with Gasteiger partial charge in [-0.05, 0) is 62.1 Å². The fraction of sp³-hybridized carbons (Fsp3) is 0.655. The zero-order valence-electron chi connectivity index (χ0n) is 23.0. The molecule has 0 N–H and O–H groups in total. The summed E-state index contributed by atoms with van der Waals surface area (Å²) in [4.78, 5) is 0. The topological polar surface area (TPSA) is 63.2 Å². The highest BCUT2D eigenvalue weighted by atomic mass is 31.2. The van der Waals surface area contributed by atoms with Gasteiger partial charge >= 0.3 is 7.82 Å². The van der Waals surface area contributed by atoms with Crippen molar-refractivity contribution in [2.45, 2.75) is 86.0 Å². The van der Waals surface area contributed by atoms with Crippen molar-refractivity contribution in [3.63, 3.8) is 0 Å². The Labute approximate surface area is 218 Å². The van der Waals surface area contributed by atoms with Gasteiger partial charge < -0.3 is 9.47 Å². The van der Waals surface area contributed by atoms with Crippen molar-refractivity contribution in [1.82, 2.24) is 0 Å². The van der Waals surface area contributed by atoms with Crippen molar-refractivity contribution in [3.05, 3.63) is 47.2 Å². The van der Waals surface area contributed by atoms with Gasteiger partial charge in [0.1, 0.15) is 17.3 Å². The van der Waals surface area contributed by atoms with Crippen LogP contribution in [0.25, 0.3) is 0 Å². The van der Waals surface area contributed by atoms with Crippen molar-refractivity contribution in [2.24, 2.45) is 17.8 Å².